The molecule has 1 atom stereocenters. The van der Waals surface area contributed by atoms with E-state index in [2.05, 4.69) is 23.0 Å². The molecule has 10 nitrogen and oxygen atoms in total. The number of esters is 3. The highest BCUT2D eigenvalue weighted by Gasteiger charge is 2.38. The molecule has 0 spiro atoms. The summed E-state index contributed by atoms with van der Waals surface area (Å²) in [6.45, 7) is 3.89. The number of thiazole rings is 1. The lowest BCUT2D eigenvalue weighted by Crippen LogP contribution is -2.34. The van der Waals surface area contributed by atoms with Crippen molar-refractivity contribution in [2.24, 2.45) is 29.6 Å². The number of methoxy groups -OCH3 is 1. The predicted molar refractivity (Wildman–Crippen MR) is 189 cm³/mol. The van der Waals surface area contributed by atoms with E-state index in [-0.39, 0.29) is 41.6 Å². The quantitative estimate of drug-likeness (QED) is 0.0970. The maximum Gasteiger partial charge on any atom is 0.327 e. The molecule has 2 aliphatic carbocycles. The van der Waals surface area contributed by atoms with Crippen molar-refractivity contribution in [3.8, 4) is 25.4 Å². The monoisotopic (exact) mass is 724 g/mol. The molecule has 0 amide bonds. The van der Waals surface area contributed by atoms with Crippen molar-refractivity contribution in [1.29, 1.82) is 0 Å². The Morgan fingerprint density at radius 3 is 2.00 bits per heavy atom. The first-order valence-corrected chi connectivity index (χ1v) is 19.2. The average molecular weight is 725 g/mol. The van der Waals surface area contributed by atoms with Crippen molar-refractivity contribution in [1.82, 2.24) is 4.98 Å². The van der Waals surface area contributed by atoms with E-state index in [0.717, 1.165) is 25.0 Å². The average Bonchev–Trinajstić information content (AvgIpc) is 3.92. The third kappa shape index (κ3) is 7.45. The molecule has 4 aromatic rings. The minimum absolute atomic E-state index is 0.188. The number of benzene rings is 1. The fourth-order valence-corrected chi connectivity index (χ4v) is 9.91. The number of hydrogen-bond acceptors (Lipinski definition) is 13. The Morgan fingerprint density at radius 2 is 1.41 bits per heavy atom. The summed E-state index contributed by atoms with van der Waals surface area (Å²) in [7, 11) is 1.39. The Balaban J connectivity index is 1.29. The Kier molecular flexibility index (Phi) is 10.8. The van der Waals surface area contributed by atoms with E-state index in [1.807, 2.05) is 31.4 Å². The summed E-state index contributed by atoms with van der Waals surface area (Å²) in [4.78, 5) is 63.7. The lowest BCUT2D eigenvalue weighted by atomic mass is 9.82. The first-order chi connectivity index (χ1) is 23.6. The molecule has 3 aromatic heterocycles. The highest BCUT2D eigenvalue weighted by atomic mass is 32.1. The highest BCUT2D eigenvalue weighted by Crippen LogP contribution is 2.46. The summed E-state index contributed by atoms with van der Waals surface area (Å²) in [5, 5.41) is 2.83. The Labute approximate surface area is 296 Å². The van der Waals surface area contributed by atoms with Gasteiger partial charge in [-0.1, -0.05) is 13.0 Å². The Bertz CT molecular complexity index is 1820. The van der Waals surface area contributed by atoms with E-state index in [9.17, 15) is 19.2 Å². The highest BCUT2D eigenvalue weighted by molar-refractivity contribution is 7.28. The zero-order valence-electron chi connectivity index (χ0n) is 27.7. The van der Waals surface area contributed by atoms with Gasteiger partial charge in [-0.2, -0.15) is 5.90 Å². The van der Waals surface area contributed by atoms with Gasteiger partial charge in [-0.25, -0.2) is 4.98 Å². The molecule has 2 N–H and O–H groups in total. The van der Waals surface area contributed by atoms with Crippen molar-refractivity contribution in [2.45, 2.75) is 77.2 Å². The van der Waals surface area contributed by atoms with Crippen LogP contribution in [0.4, 0.5) is 0 Å². The van der Waals surface area contributed by atoms with Crippen LogP contribution in [-0.4, -0.2) is 36.0 Å². The van der Waals surface area contributed by atoms with Crippen molar-refractivity contribution >= 4 is 68.1 Å². The van der Waals surface area contributed by atoms with E-state index >= 15 is 0 Å². The van der Waals surface area contributed by atoms with Crippen LogP contribution in [0.5, 0.6) is 5.75 Å². The molecule has 1 unspecified atom stereocenters. The van der Waals surface area contributed by atoms with Crippen molar-refractivity contribution in [3.63, 3.8) is 0 Å². The maximum atomic E-state index is 13.6. The molecule has 3 heterocycles. The second-order valence-corrected chi connectivity index (χ2v) is 16.0. The second-order valence-electron chi connectivity index (χ2n) is 12.9. The van der Waals surface area contributed by atoms with Gasteiger partial charge in [-0.15, -0.1) is 34.0 Å². The number of carbonyl (C=O) groups excluding carboxylic acids is 4. The van der Waals surface area contributed by atoms with Crippen LogP contribution in [0, 0.1) is 23.7 Å². The maximum absolute atomic E-state index is 13.6. The van der Waals surface area contributed by atoms with E-state index in [1.54, 1.807) is 28.7 Å². The third-order valence-electron chi connectivity index (χ3n) is 9.97. The largest absolute Gasteiger partial charge is 0.469 e. The molecule has 6 rings (SSSR count). The minimum atomic E-state index is -0.978. The lowest BCUT2D eigenvalue weighted by Gasteiger charge is -2.33. The van der Waals surface area contributed by atoms with Gasteiger partial charge in [-0.05, 0) is 100 Å². The van der Waals surface area contributed by atoms with E-state index in [1.165, 1.54) is 23.3 Å². The molecule has 2 aliphatic rings. The van der Waals surface area contributed by atoms with E-state index in [4.69, 9.17) is 25.1 Å². The number of fused-ring (bicyclic) bond motifs is 1. The topological polar surface area (TPSA) is 144 Å². The number of nitrogens with two attached hydrogens (primary N) is 1. The number of carbonyl (C=O) groups is 4. The fraction of sp³-hybridized carbons (Fsp3) is 0.472. The van der Waals surface area contributed by atoms with Crippen LogP contribution < -0.4 is 10.6 Å². The van der Waals surface area contributed by atoms with Crippen LogP contribution >= 0.6 is 34.0 Å². The summed E-state index contributed by atoms with van der Waals surface area (Å²) in [5.41, 5.74) is 0.349. The lowest BCUT2D eigenvalue weighted by molar-refractivity contribution is -0.167. The number of aromatic nitrogens is 1. The Morgan fingerprint density at radius 1 is 0.796 bits per heavy atom. The fourth-order valence-electron chi connectivity index (χ4n) is 6.80. The van der Waals surface area contributed by atoms with E-state index < -0.39 is 11.6 Å². The summed E-state index contributed by atoms with van der Waals surface area (Å²) in [6.07, 6.45) is 4.80. The smallest absolute Gasteiger partial charge is 0.327 e. The van der Waals surface area contributed by atoms with Gasteiger partial charge in [0.2, 0.25) is 0 Å². The van der Waals surface area contributed by atoms with Gasteiger partial charge in [0.1, 0.15) is 16.1 Å². The van der Waals surface area contributed by atoms with Crippen LogP contribution in [-0.2, 0) is 39.1 Å². The summed E-state index contributed by atoms with van der Waals surface area (Å²) >= 11 is 4.81. The normalized spacial score (nSPS) is 22.2. The minimum Gasteiger partial charge on any atom is -0.469 e. The van der Waals surface area contributed by atoms with Gasteiger partial charge in [0.15, 0.2) is 5.75 Å². The summed E-state index contributed by atoms with van der Waals surface area (Å²) in [6, 6.07) is 11.9. The molecule has 13 heteroatoms. The number of thiophene rings is 2. The summed E-state index contributed by atoms with van der Waals surface area (Å²) < 4.78 is 18.1. The molecular formula is C36H40N2O8S3. The number of ether oxygens (including phenoxy) is 3. The van der Waals surface area contributed by atoms with Gasteiger partial charge in [0.25, 0.3) is 0 Å². The van der Waals surface area contributed by atoms with Gasteiger partial charge in [0, 0.05) is 15.3 Å². The molecule has 0 bridgehead atoms. The molecule has 1 aromatic carbocycles. The molecule has 2 saturated carbocycles. The zero-order valence-corrected chi connectivity index (χ0v) is 30.2. The van der Waals surface area contributed by atoms with Crippen LogP contribution in [0.15, 0.2) is 41.8 Å². The molecular weight excluding hydrogens is 685 g/mol. The third-order valence-corrected chi connectivity index (χ3v) is 13.4. The van der Waals surface area contributed by atoms with Crippen LogP contribution in [0.1, 0.15) is 77.2 Å². The summed E-state index contributed by atoms with van der Waals surface area (Å²) in [5.74, 6) is 2.90. The number of hydrogen-bond donors (Lipinski definition) is 1. The van der Waals surface area contributed by atoms with Gasteiger partial charge in [-0.3, -0.25) is 19.2 Å². The second kappa shape index (κ2) is 15.1. The standard InChI is InChI=1S/C36H40N2O8S3/c1-4-36(2,45-34(41)22-11-7-20(8-12-22)32(39)43-3)24-15-16-25(44-33(40)21-9-13-23(14-10-21)35(42)46-37)29-30(24)49-31(38-29)28-18-17-27(48-28)26-6-5-19-47-26/h5-6,15-23H,4,7-14,37H2,1-3H3. The first-order valence-electron chi connectivity index (χ1n) is 16.6. The van der Waals surface area contributed by atoms with Crippen molar-refractivity contribution < 1.29 is 38.2 Å². The van der Waals surface area contributed by atoms with Crippen LogP contribution in [0.2, 0.25) is 0 Å². The number of nitrogens with zero attached hydrogens (tertiary/aromatic N) is 1. The molecule has 2 fully saturated rings. The Hall–Kier alpha value is -3.65. The van der Waals surface area contributed by atoms with Gasteiger partial charge >= 0.3 is 23.9 Å². The van der Waals surface area contributed by atoms with Gasteiger partial charge < -0.3 is 19.0 Å². The molecule has 49 heavy (non-hydrogen) atoms. The van der Waals surface area contributed by atoms with Gasteiger partial charge in [0.05, 0.1) is 40.4 Å². The van der Waals surface area contributed by atoms with Crippen LogP contribution in [0.3, 0.4) is 0 Å². The molecule has 0 aliphatic heterocycles. The zero-order chi connectivity index (χ0) is 34.7. The molecule has 0 radical (unpaired) electrons. The predicted octanol–water partition coefficient (Wildman–Crippen LogP) is 8.03. The van der Waals surface area contributed by atoms with Crippen LogP contribution in [0.25, 0.3) is 29.9 Å². The molecule has 260 valence electrons. The first kappa shape index (κ1) is 35.2. The van der Waals surface area contributed by atoms with Crippen molar-refractivity contribution in [3.05, 3.63) is 47.3 Å². The van der Waals surface area contributed by atoms with E-state index in [0.29, 0.717) is 69.1 Å². The SMILES string of the molecule is CCC(C)(OC(=O)C1CCC(C(=O)OC)CC1)c1ccc(OC(=O)C2CCC(C(=O)ON)CC2)c2nc(-c3ccc(-c4cccs4)s3)sc12. The van der Waals surface area contributed by atoms with Crippen molar-refractivity contribution in [2.75, 3.05) is 7.11 Å². The molecule has 0 saturated heterocycles. The number of rotatable bonds is 10.